The summed E-state index contributed by atoms with van der Waals surface area (Å²) in [7, 11) is 0. The number of aliphatic imine (C=N–C) groups is 1. The molecule has 0 bridgehead atoms. The third kappa shape index (κ3) is 3.70. The van der Waals surface area contributed by atoms with Gasteiger partial charge in [-0.25, -0.2) is 9.79 Å². The summed E-state index contributed by atoms with van der Waals surface area (Å²) in [4.78, 5) is 25.6. The van der Waals surface area contributed by atoms with Crippen molar-refractivity contribution in [2.45, 2.75) is 19.9 Å². The number of hydrogen-bond donors (Lipinski definition) is 2. The Balaban J connectivity index is 2.34. The minimum atomic E-state index is -0.566. The van der Waals surface area contributed by atoms with Crippen molar-refractivity contribution in [3.05, 3.63) is 0 Å². The average molecular weight is 229 g/mol. The third-order valence-electron chi connectivity index (χ3n) is 1.53. The van der Waals surface area contributed by atoms with E-state index in [1.54, 1.807) is 6.92 Å². The number of rotatable bonds is 2. The number of hydrogen-bond acceptors (Lipinski definition) is 6. The molecule has 1 amide bonds. The minimum absolute atomic E-state index is 0.00931. The molecule has 1 aliphatic rings. The fourth-order valence-electron chi connectivity index (χ4n) is 0.976. The lowest BCUT2D eigenvalue weighted by Crippen LogP contribution is -2.27. The van der Waals surface area contributed by atoms with Crippen molar-refractivity contribution in [3.63, 3.8) is 0 Å². The predicted octanol–water partition coefficient (Wildman–Crippen LogP) is 0.134. The molecule has 1 heterocycles. The van der Waals surface area contributed by atoms with Gasteiger partial charge in [-0.3, -0.25) is 10.2 Å². The number of cyclic esters (lactones) is 1. The van der Waals surface area contributed by atoms with Gasteiger partial charge in [-0.2, -0.15) is 0 Å². The van der Waals surface area contributed by atoms with E-state index in [1.165, 1.54) is 6.92 Å². The monoisotopic (exact) mass is 229 g/mol. The van der Waals surface area contributed by atoms with E-state index >= 15 is 0 Å². The molecule has 1 atom stereocenters. The quantitative estimate of drug-likeness (QED) is 0.400. The second kappa shape index (κ2) is 4.92. The van der Waals surface area contributed by atoms with Gasteiger partial charge in [0.15, 0.2) is 17.1 Å². The molecule has 0 radical (unpaired) electrons. The van der Waals surface area contributed by atoms with Crippen molar-refractivity contribution in [2.24, 2.45) is 4.99 Å². The molecule has 0 saturated carbocycles. The van der Waals surface area contributed by atoms with Gasteiger partial charge in [-0.05, 0) is 0 Å². The van der Waals surface area contributed by atoms with E-state index in [-0.39, 0.29) is 11.1 Å². The Morgan fingerprint density at radius 1 is 1.73 bits per heavy atom. The third-order valence-corrected chi connectivity index (χ3v) is 2.41. The summed E-state index contributed by atoms with van der Waals surface area (Å²) in [5.41, 5.74) is 0. The molecule has 0 aromatic rings. The second-order valence-electron chi connectivity index (χ2n) is 2.91. The molecule has 6 nitrogen and oxygen atoms in total. The van der Waals surface area contributed by atoms with Crippen LogP contribution in [0.2, 0.25) is 0 Å². The Morgan fingerprint density at radius 2 is 2.40 bits per heavy atom. The number of esters is 1. The molecule has 0 aliphatic carbocycles. The van der Waals surface area contributed by atoms with Gasteiger partial charge in [0.2, 0.25) is 5.91 Å². The smallest absolute Gasteiger partial charge is 0.338 e. The van der Waals surface area contributed by atoms with Crippen LogP contribution in [0.25, 0.3) is 0 Å². The summed E-state index contributed by atoms with van der Waals surface area (Å²) < 4.78 is 4.73. The number of carbonyl (C=O) groups is 2. The van der Waals surface area contributed by atoms with E-state index in [2.05, 4.69) is 10.3 Å². The summed E-state index contributed by atoms with van der Waals surface area (Å²) in [6.07, 6.45) is 0. The van der Waals surface area contributed by atoms with Gasteiger partial charge in [0, 0.05) is 19.6 Å². The van der Waals surface area contributed by atoms with E-state index in [0.29, 0.717) is 11.7 Å². The topological polar surface area (TPSA) is 91.6 Å². The van der Waals surface area contributed by atoms with Crippen LogP contribution in [0.15, 0.2) is 4.99 Å². The van der Waals surface area contributed by atoms with Crippen LogP contribution in [0.5, 0.6) is 0 Å². The number of ether oxygens (including phenoxy) is 1. The molecule has 82 valence electrons. The summed E-state index contributed by atoms with van der Waals surface area (Å²) >= 11 is 1.05. The normalized spacial score (nSPS) is 19.5. The van der Waals surface area contributed by atoms with Gasteiger partial charge in [0.05, 0.1) is 0 Å². The Morgan fingerprint density at radius 3 is 2.87 bits per heavy atom. The highest BCUT2D eigenvalue weighted by Gasteiger charge is 2.27. The maximum Gasteiger partial charge on any atom is 0.338 e. The zero-order chi connectivity index (χ0) is 11.4. The Bertz CT molecular complexity index is 340. The maximum absolute atomic E-state index is 11.1. The number of amides is 1. The van der Waals surface area contributed by atoms with Crippen LogP contribution in [-0.4, -0.2) is 34.7 Å². The zero-order valence-electron chi connectivity index (χ0n) is 8.36. The fourth-order valence-corrected chi connectivity index (χ4v) is 1.73. The van der Waals surface area contributed by atoms with Crippen LogP contribution in [0, 0.1) is 5.41 Å². The molecule has 15 heavy (non-hydrogen) atoms. The zero-order valence-corrected chi connectivity index (χ0v) is 9.18. The number of amidine groups is 1. The molecule has 0 spiro atoms. The molecule has 0 aromatic heterocycles. The summed E-state index contributed by atoms with van der Waals surface area (Å²) in [5.74, 6) is -0.0663. The van der Waals surface area contributed by atoms with E-state index in [9.17, 15) is 9.59 Å². The molecule has 0 aromatic carbocycles. The highest BCUT2D eigenvalue weighted by Crippen LogP contribution is 2.12. The van der Waals surface area contributed by atoms with Crippen LogP contribution in [-0.2, 0) is 14.3 Å². The van der Waals surface area contributed by atoms with Crippen LogP contribution in [0.1, 0.15) is 13.8 Å². The van der Waals surface area contributed by atoms with Crippen LogP contribution < -0.4 is 5.32 Å². The molecule has 0 fully saturated rings. The Kier molecular flexibility index (Phi) is 3.84. The first-order valence-electron chi connectivity index (χ1n) is 4.24. The first-order chi connectivity index (χ1) is 6.99. The SMILES string of the molecule is CC(=O)NC(=N)SCC1N=C(C)OC1=O. The van der Waals surface area contributed by atoms with Gasteiger partial charge >= 0.3 is 5.97 Å². The van der Waals surface area contributed by atoms with Crippen molar-refractivity contribution in [1.29, 1.82) is 5.41 Å². The summed E-state index contributed by atoms with van der Waals surface area (Å²) in [5, 5.41) is 9.64. The number of thioether (sulfide) groups is 1. The maximum atomic E-state index is 11.1. The van der Waals surface area contributed by atoms with Crippen LogP contribution >= 0.6 is 11.8 Å². The summed E-state index contributed by atoms with van der Waals surface area (Å²) in [6, 6.07) is -0.566. The van der Waals surface area contributed by atoms with Crippen LogP contribution in [0.4, 0.5) is 0 Å². The highest BCUT2D eigenvalue weighted by atomic mass is 32.2. The van der Waals surface area contributed by atoms with Gasteiger partial charge in [0.1, 0.15) is 0 Å². The van der Waals surface area contributed by atoms with Gasteiger partial charge < -0.3 is 10.1 Å². The van der Waals surface area contributed by atoms with Gasteiger partial charge in [-0.1, -0.05) is 11.8 Å². The first kappa shape index (κ1) is 11.7. The predicted molar refractivity (Wildman–Crippen MR) is 57.0 cm³/mol. The minimum Gasteiger partial charge on any atom is -0.411 e. The highest BCUT2D eigenvalue weighted by molar-refractivity contribution is 8.13. The van der Waals surface area contributed by atoms with Gasteiger partial charge in [-0.15, -0.1) is 0 Å². The second-order valence-corrected chi connectivity index (χ2v) is 3.94. The lowest BCUT2D eigenvalue weighted by Gasteiger charge is -2.04. The Hall–Kier alpha value is -1.37. The van der Waals surface area contributed by atoms with Gasteiger partial charge in [0.25, 0.3) is 0 Å². The molecule has 1 rings (SSSR count). The molecule has 0 saturated heterocycles. The lowest BCUT2D eigenvalue weighted by atomic mass is 10.4. The first-order valence-corrected chi connectivity index (χ1v) is 5.22. The molecule has 7 heteroatoms. The summed E-state index contributed by atoms with van der Waals surface area (Å²) in [6.45, 7) is 2.92. The standard InChI is InChI=1S/C8H11N3O3S/c1-4(12)10-8(9)15-3-6-7(13)14-5(2)11-6/h6H,3H2,1-2H3,(H2,9,10,12). The van der Waals surface area contributed by atoms with E-state index in [4.69, 9.17) is 10.1 Å². The molecule has 1 unspecified atom stereocenters. The molecule has 1 aliphatic heterocycles. The number of carbonyl (C=O) groups excluding carboxylic acids is 2. The largest absolute Gasteiger partial charge is 0.411 e. The van der Waals surface area contributed by atoms with E-state index in [1.807, 2.05) is 0 Å². The van der Waals surface area contributed by atoms with Crippen molar-refractivity contribution in [1.82, 2.24) is 5.32 Å². The molecular weight excluding hydrogens is 218 g/mol. The van der Waals surface area contributed by atoms with Crippen molar-refractivity contribution in [3.8, 4) is 0 Å². The molecule has 2 N–H and O–H groups in total. The fraction of sp³-hybridized carbons (Fsp3) is 0.500. The lowest BCUT2D eigenvalue weighted by molar-refractivity contribution is -0.134. The molecular formula is C8H11N3O3S. The van der Waals surface area contributed by atoms with Crippen LogP contribution in [0.3, 0.4) is 0 Å². The average Bonchev–Trinajstić information content (AvgIpc) is 2.40. The Labute approximate surface area is 91.0 Å². The van der Waals surface area contributed by atoms with E-state index < -0.39 is 12.0 Å². The van der Waals surface area contributed by atoms with Crippen molar-refractivity contribution >= 4 is 34.7 Å². The number of nitrogens with one attached hydrogen (secondary N) is 2. The van der Waals surface area contributed by atoms with Crippen molar-refractivity contribution in [2.75, 3.05) is 5.75 Å². The van der Waals surface area contributed by atoms with E-state index in [0.717, 1.165) is 11.8 Å². The number of nitrogens with zero attached hydrogens (tertiary/aromatic N) is 1. The van der Waals surface area contributed by atoms with Crippen molar-refractivity contribution < 1.29 is 14.3 Å².